The van der Waals surface area contributed by atoms with Gasteiger partial charge in [0.2, 0.25) is 15.9 Å². The van der Waals surface area contributed by atoms with Crippen molar-refractivity contribution in [2.45, 2.75) is 44.2 Å². The number of hydrogen-bond donors (Lipinski definition) is 2. The van der Waals surface area contributed by atoms with Crippen LogP contribution in [0.25, 0.3) is 0 Å². The SMILES string of the molecule is CC1(C)CCNC(=O)C(N(Cc2ccc(C(=O)O)cc2F)S(=O)(=O)c2ccc(Cl)cc2)C1. The summed E-state index contributed by atoms with van der Waals surface area (Å²) in [4.78, 5) is 23.9. The molecule has 1 aliphatic rings. The Bertz CT molecular complexity index is 1140. The predicted molar refractivity (Wildman–Crippen MR) is 117 cm³/mol. The molecule has 0 saturated carbocycles. The number of nitrogens with one attached hydrogen (secondary N) is 1. The topological polar surface area (TPSA) is 104 Å². The Morgan fingerprint density at radius 1 is 1.25 bits per heavy atom. The minimum absolute atomic E-state index is 0.0395. The van der Waals surface area contributed by atoms with E-state index in [-0.39, 0.29) is 27.9 Å². The average Bonchev–Trinajstić information content (AvgIpc) is 2.84. The van der Waals surface area contributed by atoms with Gasteiger partial charge in [-0.05, 0) is 54.7 Å². The van der Waals surface area contributed by atoms with Crippen molar-refractivity contribution in [3.05, 3.63) is 64.4 Å². The van der Waals surface area contributed by atoms with E-state index in [1.165, 1.54) is 36.4 Å². The minimum atomic E-state index is -4.23. The van der Waals surface area contributed by atoms with Gasteiger partial charge in [0.05, 0.1) is 10.5 Å². The zero-order chi connectivity index (χ0) is 23.7. The first-order chi connectivity index (χ1) is 14.9. The van der Waals surface area contributed by atoms with E-state index in [0.29, 0.717) is 18.0 Å². The van der Waals surface area contributed by atoms with Crippen molar-refractivity contribution in [1.29, 1.82) is 0 Å². The second kappa shape index (κ2) is 9.17. The summed E-state index contributed by atoms with van der Waals surface area (Å²) in [6, 6.07) is 7.68. The summed E-state index contributed by atoms with van der Waals surface area (Å²) < 4.78 is 42.9. The maximum atomic E-state index is 14.7. The summed E-state index contributed by atoms with van der Waals surface area (Å²) in [7, 11) is -4.23. The lowest BCUT2D eigenvalue weighted by atomic mass is 9.83. The molecule has 0 aliphatic carbocycles. The lowest BCUT2D eigenvalue weighted by molar-refractivity contribution is -0.125. The molecule has 0 aromatic heterocycles. The molecule has 2 aromatic carbocycles. The van der Waals surface area contributed by atoms with E-state index in [2.05, 4.69) is 5.32 Å². The number of aromatic carboxylic acids is 1. The molecule has 2 N–H and O–H groups in total. The molecule has 1 fully saturated rings. The first-order valence-electron chi connectivity index (χ1n) is 9.97. The van der Waals surface area contributed by atoms with E-state index in [4.69, 9.17) is 16.7 Å². The van der Waals surface area contributed by atoms with Crippen LogP contribution in [0.15, 0.2) is 47.4 Å². The van der Waals surface area contributed by atoms with Gasteiger partial charge in [0.15, 0.2) is 0 Å². The fraction of sp³-hybridized carbons (Fsp3) is 0.364. The van der Waals surface area contributed by atoms with Crippen LogP contribution in [0.2, 0.25) is 5.02 Å². The molecule has 2 aromatic rings. The first-order valence-corrected chi connectivity index (χ1v) is 11.8. The van der Waals surface area contributed by atoms with Gasteiger partial charge in [-0.3, -0.25) is 4.79 Å². The molecule has 10 heteroatoms. The maximum absolute atomic E-state index is 14.7. The Balaban J connectivity index is 2.09. The monoisotopic (exact) mass is 482 g/mol. The minimum Gasteiger partial charge on any atom is -0.478 e. The molecule has 172 valence electrons. The summed E-state index contributed by atoms with van der Waals surface area (Å²) in [5.41, 5.74) is -0.641. The van der Waals surface area contributed by atoms with Gasteiger partial charge in [-0.25, -0.2) is 17.6 Å². The van der Waals surface area contributed by atoms with Crippen molar-refractivity contribution in [2.75, 3.05) is 6.54 Å². The number of benzene rings is 2. The second-order valence-corrected chi connectivity index (χ2v) is 10.9. The summed E-state index contributed by atoms with van der Waals surface area (Å²) in [5, 5.41) is 12.2. The fourth-order valence-electron chi connectivity index (χ4n) is 3.67. The number of amides is 1. The van der Waals surface area contributed by atoms with Gasteiger partial charge >= 0.3 is 5.97 Å². The highest BCUT2D eigenvalue weighted by atomic mass is 35.5. The number of carboxylic acids is 1. The first kappa shape index (κ1) is 24.2. The fourth-order valence-corrected chi connectivity index (χ4v) is 5.36. The highest BCUT2D eigenvalue weighted by Crippen LogP contribution is 2.34. The van der Waals surface area contributed by atoms with Gasteiger partial charge in [-0.2, -0.15) is 4.31 Å². The van der Waals surface area contributed by atoms with Gasteiger partial charge in [0, 0.05) is 23.7 Å². The number of nitrogens with zero attached hydrogens (tertiary/aromatic N) is 1. The largest absolute Gasteiger partial charge is 0.478 e. The Hall–Kier alpha value is -2.49. The van der Waals surface area contributed by atoms with Gasteiger partial charge < -0.3 is 10.4 Å². The van der Waals surface area contributed by atoms with Crippen molar-refractivity contribution < 1.29 is 27.5 Å². The van der Waals surface area contributed by atoms with Gasteiger partial charge in [-0.1, -0.05) is 31.5 Å². The van der Waals surface area contributed by atoms with Gasteiger partial charge in [0.1, 0.15) is 11.9 Å². The van der Waals surface area contributed by atoms with E-state index in [1.807, 2.05) is 13.8 Å². The Labute approximate surface area is 191 Å². The Morgan fingerprint density at radius 2 is 1.91 bits per heavy atom. The second-order valence-electron chi connectivity index (χ2n) is 8.54. The van der Waals surface area contributed by atoms with Crippen molar-refractivity contribution in [3.63, 3.8) is 0 Å². The Kier molecular flexibility index (Phi) is 6.92. The molecule has 0 spiro atoms. The number of carbonyl (C=O) groups is 2. The van der Waals surface area contributed by atoms with Crippen LogP contribution >= 0.6 is 11.6 Å². The third-order valence-corrected chi connectivity index (χ3v) is 7.66. The quantitative estimate of drug-likeness (QED) is 0.653. The lowest BCUT2D eigenvalue weighted by Crippen LogP contribution is -2.49. The van der Waals surface area contributed by atoms with E-state index < -0.39 is 40.3 Å². The number of carboxylic acid groups (broad SMARTS) is 1. The third kappa shape index (κ3) is 5.28. The van der Waals surface area contributed by atoms with Crippen molar-refractivity contribution >= 4 is 33.5 Å². The van der Waals surface area contributed by atoms with Crippen LogP contribution in [0.4, 0.5) is 4.39 Å². The molecule has 1 atom stereocenters. The molecule has 1 heterocycles. The zero-order valence-electron chi connectivity index (χ0n) is 17.6. The highest BCUT2D eigenvalue weighted by Gasteiger charge is 2.41. The number of carbonyl (C=O) groups excluding carboxylic acids is 1. The average molecular weight is 483 g/mol. The molecule has 3 rings (SSSR count). The Morgan fingerprint density at radius 3 is 2.50 bits per heavy atom. The molecule has 1 amide bonds. The van der Waals surface area contributed by atoms with E-state index in [9.17, 15) is 22.4 Å². The van der Waals surface area contributed by atoms with Crippen molar-refractivity contribution in [2.24, 2.45) is 5.41 Å². The molecular formula is C22H24ClFN2O5S. The van der Waals surface area contributed by atoms with Crippen molar-refractivity contribution in [1.82, 2.24) is 9.62 Å². The van der Waals surface area contributed by atoms with E-state index in [0.717, 1.165) is 10.4 Å². The van der Waals surface area contributed by atoms with Gasteiger partial charge in [-0.15, -0.1) is 0 Å². The summed E-state index contributed by atoms with van der Waals surface area (Å²) in [6.45, 7) is 3.84. The highest BCUT2D eigenvalue weighted by molar-refractivity contribution is 7.89. The number of rotatable bonds is 6. The molecule has 0 bridgehead atoms. The van der Waals surface area contributed by atoms with Crippen LogP contribution in [-0.4, -0.2) is 42.3 Å². The van der Waals surface area contributed by atoms with Gasteiger partial charge in [0.25, 0.3) is 0 Å². The number of hydrogen-bond acceptors (Lipinski definition) is 4. The maximum Gasteiger partial charge on any atom is 0.335 e. The number of halogens is 2. The van der Waals surface area contributed by atoms with Crippen molar-refractivity contribution in [3.8, 4) is 0 Å². The van der Waals surface area contributed by atoms with E-state index in [1.54, 1.807) is 0 Å². The van der Waals surface area contributed by atoms with Crippen LogP contribution in [0.5, 0.6) is 0 Å². The number of sulfonamides is 1. The smallest absolute Gasteiger partial charge is 0.335 e. The zero-order valence-corrected chi connectivity index (χ0v) is 19.2. The van der Waals surface area contributed by atoms with Crippen LogP contribution in [-0.2, 0) is 21.4 Å². The molecule has 1 unspecified atom stereocenters. The van der Waals surface area contributed by atoms with Crippen LogP contribution in [0.3, 0.4) is 0 Å². The van der Waals surface area contributed by atoms with Crippen LogP contribution in [0.1, 0.15) is 42.6 Å². The molecule has 1 saturated heterocycles. The molecule has 32 heavy (non-hydrogen) atoms. The summed E-state index contributed by atoms with van der Waals surface area (Å²) in [6.07, 6.45) is 0.895. The molecule has 0 radical (unpaired) electrons. The molecule has 1 aliphatic heterocycles. The third-order valence-electron chi connectivity index (χ3n) is 5.54. The standard InChI is InChI=1S/C22H24ClFN2O5S/c1-22(2)9-10-25-20(27)19(12-22)26(32(30,31)17-7-5-16(23)6-8-17)13-15-4-3-14(21(28)29)11-18(15)24/h3-8,11,19H,9-10,12-13H2,1-2H3,(H,25,27)(H,28,29). The summed E-state index contributed by atoms with van der Waals surface area (Å²) >= 11 is 5.89. The molecular weight excluding hydrogens is 459 g/mol. The van der Waals surface area contributed by atoms with Crippen LogP contribution < -0.4 is 5.32 Å². The predicted octanol–water partition coefficient (Wildman–Crippen LogP) is 3.67. The normalized spacial score (nSPS) is 18.8. The molecule has 7 nitrogen and oxygen atoms in total. The lowest BCUT2D eigenvalue weighted by Gasteiger charge is -2.33. The summed E-state index contributed by atoms with van der Waals surface area (Å²) in [5.74, 6) is -2.63. The van der Waals surface area contributed by atoms with Crippen LogP contribution in [0, 0.1) is 11.2 Å². The van der Waals surface area contributed by atoms with E-state index >= 15 is 0 Å².